The smallest absolute Gasteiger partial charge is 0.204 e. The van der Waals surface area contributed by atoms with Crippen molar-refractivity contribution in [2.24, 2.45) is 0 Å². The van der Waals surface area contributed by atoms with E-state index < -0.39 is 0 Å². The van der Waals surface area contributed by atoms with Crippen molar-refractivity contribution in [2.45, 2.75) is 13.8 Å². The van der Waals surface area contributed by atoms with Crippen LogP contribution in [0.1, 0.15) is 34.6 Å². The largest absolute Gasteiger partial charge is 0.288 e. The molecule has 0 saturated heterocycles. The number of ketones is 1. The summed E-state index contributed by atoms with van der Waals surface area (Å²) < 4.78 is 0.865. The zero-order valence-electron chi connectivity index (χ0n) is 10.2. The van der Waals surface area contributed by atoms with Gasteiger partial charge < -0.3 is 0 Å². The zero-order chi connectivity index (χ0) is 13.1. The molecule has 1 nitrogen and oxygen atoms in total. The fourth-order valence-electron chi connectivity index (χ4n) is 1.72. The fourth-order valence-corrected chi connectivity index (χ4v) is 3.22. The lowest BCUT2D eigenvalue weighted by Gasteiger charge is -2.05. The summed E-state index contributed by atoms with van der Waals surface area (Å²) in [6.07, 6.45) is 2.04. The average molecular weight is 321 g/mol. The second kappa shape index (κ2) is 5.63. The molecule has 2 rings (SSSR count). The lowest BCUT2D eigenvalue weighted by atomic mass is 10.0. The van der Waals surface area contributed by atoms with Gasteiger partial charge in [-0.1, -0.05) is 35.9 Å². The monoisotopic (exact) mass is 320 g/mol. The van der Waals surface area contributed by atoms with Gasteiger partial charge in [-0.25, -0.2) is 0 Å². The molecular formula is C15H13BrOS. The lowest BCUT2D eigenvalue weighted by molar-refractivity contribution is 0.104. The highest BCUT2D eigenvalue weighted by Gasteiger charge is 2.16. The Kier molecular flexibility index (Phi) is 4.15. The van der Waals surface area contributed by atoms with E-state index in [4.69, 9.17) is 0 Å². The predicted octanol–water partition coefficient (Wildman–Crippen LogP) is 5.16. The van der Waals surface area contributed by atoms with Gasteiger partial charge in [0.1, 0.15) is 0 Å². The topological polar surface area (TPSA) is 17.1 Å². The molecule has 0 aliphatic carbocycles. The summed E-state index contributed by atoms with van der Waals surface area (Å²) in [5.41, 5.74) is 2.91. The van der Waals surface area contributed by atoms with Crippen LogP contribution in [0.4, 0.5) is 0 Å². The van der Waals surface area contributed by atoms with Crippen molar-refractivity contribution in [1.82, 2.24) is 0 Å². The van der Waals surface area contributed by atoms with Crippen molar-refractivity contribution in [3.05, 3.63) is 61.8 Å². The van der Waals surface area contributed by atoms with Gasteiger partial charge in [0.25, 0.3) is 0 Å². The summed E-state index contributed by atoms with van der Waals surface area (Å²) in [6.45, 7) is 4.06. The van der Waals surface area contributed by atoms with Crippen molar-refractivity contribution >= 4 is 39.1 Å². The van der Waals surface area contributed by atoms with Gasteiger partial charge in [0.2, 0.25) is 5.78 Å². The van der Waals surface area contributed by atoms with Crippen molar-refractivity contribution in [3.8, 4) is 0 Å². The van der Waals surface area contributed by atoms with Crippen LogP contribution in [-0.2, 0) is 0 Å². The van der Waals surface area contributed by atoms with Gasteiger partial charge in [-0.15, -0.1) is 11.3 Å². The maximum atomic E-state index is 12.5. The zero-order valence-corrected chi connectivity index (χ0v) is 12.6. The maximum absolute atomic E-state index is 12.5. The molecule has 0 radical (unpaired) electrons. The van der Waals surface area contributed by atoms with E-state index in [-0.39, 0.29) is 5.78 Å². The van der Waals surface area contributed by atoms with Crippen LogP contribution in [-0.4, -0.2) is 5.78 Å². The summed E-state index contributed by atoms with van der Waals surface area (Å²) in [5, 5.41) is 1.92. The van der Waals surface area contributed by atoms with Crippen LogP contribution < -0.4 is 0 Å². The first-order valence-electron chi connectivity index (χ1n) is 5.61. The molecule has 3 heteroatoms. The quantitative estimate of drug-likeness (QED) is 0.713. The minimum Gasteiger partial charge on any atom is -0.288 e. The van der Waals surface area contributed by atoms with E-state index >= 15 is 0 Å². The number of carbonyl (C=O) groups is 1. The van der Waals surface area contributed by atoms with Gasteiger partial charge in [0.15, 0.2) is 0 Å². The van der Waals surface area contributed by atoms with Crippen LogP contribution in [0.2, 0.25) is 0 Å². The molecule has 1 aromatic carbocycles. The Balaban J connectivity index is 2.49. The van der Waals surface area contributed by atoms with E-state index in [1.807, 2.05) is 55.6 Å². The third-order valence-corrected chi connectivity index (χ3v) is 4.31. The Hall–Kier alpha value is -1.19. The fraction of sp³-hybridized carbons (Fsp3) is 0.133. The second-order valence-corrected chi connectivity index (χ2v) is 6.01. The molecule has 1 heterocycles. The number of thiophene rings is 1. The molecule has 2 aromatic rings. The van der Waals surface area contributed by atoms with Gasteiger partial charge in [-0.3, -0.25) is 4.79 Å². The SMILES string of the molecule is CC(C)=Cc1ccccc1C(=O)c1sccc1Br. The Morgan fingerprint density at radius 2 is 1.94 bits per heavy atom. The van der Waals surface area contributed by atoms with E-state index in [1.165, 1.54) is 16.9 Å². The van der Waals surface area contributed by atoms with Crippen LogP contribution in [0, 0.1) is 0 Å². The molecule has 18 heavy (non-hydrogen) atoms. The Morgan fingerprint density at radius 3 is 2.56 bits per heavy atom. The first-order chi connectivity index (χ1) is 8.59. The van der Waals surface area contributed by atoms with Crippen molar-refractivity contribution < 1.29 is 4.79 Å². The van der Waals surface area contributed by atoms with Crippen LogP contribution >= 0.6 is 27.3 Å². The number of hydrogen-bond donors (Lipinski definition) is 0. The number of halogens is 1. The molecule has 0 atom stereocenters. The van der Waals surface area contributed by atoms with Crippen LogP contribution in [0.3, 0.4) is 0 Å². The van der Waals surface area contributed by atoms with Crippen molar-refractivity contribution in [2.75, 3.05) is 0 Å². The van der Waals surface area contributed by atoms with E-state index in [0.717, 1.165) is 20.5 Å². The molecule has 0 spiro atoms. The van der Waals surface area contributed by atoms with Crippen LogP contribution in [0.15, 0.2) is 45.8 Å². The molecular weight excluding hydrogens is 308 g/mol. The molecule has 0 bridgehead atoms. The molecule has 1 aromatic heterocycles. The Morgan fingerprint density at radius 1 is 1.22 bits per heavy atom. The highest BCUT2D eigenvalue weighted by molar-refractivity contribution is 9.10. The van der Waals surface area contributed by atoms with Crippen LogP contribution in [0.25, 0.3) is 6.08 Å². The van der Waals surface area contributed by atoms with Gasteiger partial charge in [0.05, 0.1) is 4.88 Å². The molecule has 0 amide bonds. The Bertz CT molecular complexity index is 606. The maximum Gasteiger partial charge on any atom is 0.204 e. The number of rotatable bonds is 3. The van der Waals surface area contributed by atoms with Gasteiger partial charge in [-0.05, 0) is 46.8 Å². The molecule has 0 aliphatic heterocycles. The van der Waals surface area contributed by atoms with E-state index in [9.17, 15) is 4.79 Å². The molecule has 0 unspecified atom stereocenters. The van der Waals surface area contributed by atoms with E-state index in [2.05, 4.69) is 15.9 Å². The number of hydrogen-bond acceptors (Lipinski definition) is 2. The highest BCUT2D eigenvalue weighted by atomic mass is 79.9. The summed E-state index contributed by atoms with van der Waals surface area (Å²) in [4.78, 5) is 13.2. The molecule has 0 fully saturated rings. The van der Waals surface area contributed by atoms with E-state index in [0.29, 0.717) is 0 Å². The second-order valence-electron chi connectivity index (χ2n) is 4.24. The van der Waals surface area contributed by atoms with Crippen molar-refractivity contribution in [1.29, 1.82) is 0 Å². The van der Waals surface area contributed by atoms with Gasteiger partial charge >= 0.3 is 0 Å². The van der Waals surface area contributed by atoms with E-state index in [1.54, 1.807) is 0 Å². The lowest BCUT2D eigenvalue weighted by Crippen LogP contribution is -2.02. The van der Waals surface area contributed by atoms with Crippen LogP contribution in [0.5, 0.6) is 0 Å². The summed E-state index contributed by atoms with van der Waals surface area (Å²) >= 11 is 4.88. The highest BCUT2D eigenvalue weighted by Crippen LogP contribution is 2.27. The molecule has 92 valence electrons. The first-order valence-corrected chi connectivity index (χ1v) is 7.28. The number of benzene rings is 1. The van der Waals surface area contributed by atoms with Gasteiger partial charge in [0, 0.05) is 10.0 Å². The third-order valence-electron chi connectivity index (χ3n) is 2.47. The summed E-state index contributed by atoms with van der Waals surface area (Å²) in [6, 6.07) is 9.61. The molecule has 0 N–H and O–H groups in total. The predicted molar refractivity (Wildman–Crippen MR) is 81.2 cm³/mol. The summed E-state index contributed by atoms with van der Waals surface area (Å²) in [7, 11) is 0. The van der Waals surface area contributed by atoms with Gasteiger partial charge in [-0.2, -0.15) is 0 Å². The standard InChI is InChI=1S/C15H13BrOS/c1-10(2)9-11-5-3-4-6-12(11)14(17)15-13(16)7-8-18-15/h3-9H,1-2H3. The minimum absolute atomic E-state index is 0.0741. The number of carbonyl (C=O) groups excluding carboxylic acids is 1. The molecule has 0 saturated carbocycles. The summed E-state index contributed by atoms with van der Waals surface area (Å²) in [5.74, 6) is 0.0741. The van der Waals surface area contributed by atoms with Crippen molar-refractivity contribution in [3.63, 3.8) is 0 Å². The normalized spacial score (nSPS) is 10.2. The minimum atomic E-state index is 0.0741. The Labute approximate surface area is 119 Å². The average Bonchev–Trinajstić information content (AvgIpc) is 2.74. The first kappa shape index (κ1) is 13.2. The number of allylic oxidation sites excluding steroid dienone is 1. The third kappa shape index (κ3) is 2.79. The molecule has 0 aliphatic rings.